The van der Waals surface area contributed by atoms with Gasteiger partial charge in [-0.1, -0.05) is 255 Å². The molecule has 6 atom stereocenters. The summed E-state index contributed by atoms with van der Waals surface area (Å²) in [5, 5.41) is 50.5. The average molecular weight is 1080 g/mol. The number of carbonyl (C=O) groups excluding carboxylic acids is 2. The van der Waals surface area contributed by atoms with Crippen LogP contribution < -0.4 is 0 Å². The Kier molecular flexibility index (Phi) is 47.3. The lowest BCUT2D eigenvalue weighted by Gasteiger charge is -2.41. The second kappa shape index (κ2) is 50.1. The first-order chi connectivity index (χ1) is 36.4. The number of unbranched alkanes of at least 4 members (excludes halogenated alkanes) is 32. The molecule has 0 aromatic carbocycles. The zero-order valence-corrected chi connectivity index (χ0v) is 48.2. The van der Waals surface area contributed by atoms with Crippen LogP contribution in [0.1, 0.15) is 271 Å². The second-order valence-electron chi connectivity index (χ2n) is 21.2. The Morgan fingerprint density at radius 3 is 1.16 bits per heavy atom. The van der Waals surface area contributed by atoms with Crippen molar-refractivity contribution in [2.24, 2.45) is 0 Å². The van der Waals surface area contributed by atoms with Crippen molar-refractivity contribution in [2.75, 3.05) is 13.2 Å². The molecular weight excluding hydrogens is 972 g/mol. The summed E-state index contributed by atoms with van der Waals surface area (Å²) in [5.41, 5.74) is 0. The summed E-state index contributed by atoms with van der Waals surface area (Å²) in [6, 6.07) is 0. The Morgan fingerprint density at radius 1 is 0.427 bits per heavy atom. The molecular formula is C61H111O13P. The van der Waals surface area contributed by atoms with Crippen molar-refractivity contribution in [1.82, 2.24) is 0 Å². The van der Waals surface area contributed by atoms with Gasteiger partial charge in [0, 0.05) is 12.8 Å². The molecule has 0 aromatic rings. The SMILES string of the molecule is CC/C=C\C/C=C\C/C=C\C/C=C\CCCCCCCCCCCCC(=O)OC(COC(=O)CCCCCCCCCCCCCCCCCCCCCCCCC)COP(=O)(O)OC1C(O)C(O)C(O)C(O)C1O. The number of ether oxygens (including phenoxy) is 2. The van der Waals surface area contributed by atoms with Gasteiger partial charge in [-0.3, -0.25) is 18.6 Å². The van der Waals surface area contributed by atoms with Gasteiger partial charge in [0.25, 0.3) is 0 Å². The third-order valence-corrected chi connectivity index (χ3v) is 15.2. The van der Waals surface area contributed by atoms with E-state index < -0.39 is 75.7 Å². The largest absolute Gasteiger partial charge is 0.472 e. The van der Waals surface area contributed by atoms with Gasteiger partial charge in [-0.05, 0) is 51.4 Å². The van der Waals surface area contributed by atoms with Gasteiger partial charge in [0.15, 0.2) is 6.10 Å². The number of phosphoric ester groups is 1. The smallest absolute Gasteiger partial charge is 0.462 e. The highest BCUT2D eigenvalue weighted by molar-refractivity contribution is 7.47. The summed E-state index contributed by atoms with van der Waals surface area (Å²) in [4.78, 5) is 36.0. The van der Waals surface area contributed by atoms with E-state index in [1.54, 1.807) is 0 Å². The van der Waals surface area contributed by atoms with Gasteiger partial charge in [0.05, 0.1) is 6.61 Å². The first kappa shape index (κ1) is 70.8. The zero-order chi connectivity index (χ0) is 54.9. The van der Waals surface area contributed by atoms with Gasteiger partial charge in [-0.15, -0.1) is 0 Å². The number of carbonyl (C=O) groups is 2. The molecule has 0 aliphatic heterocycles. The summed E-state index contributed by atoms with van der Waals surface area (Å²) in [6.07, 6.45) is 50.1. The molecule has 0 radical (unpaired) electrons. The topological polar surface area (TPSA) is 210 Å². The predicted octanol–water partition coefficient (Wildman–Crippen LogP) is 14.6. The standard InChI is InChI=1S/C61H111O13P/c1-3-5-7-9-11-13-15-17-19-21-23-25-27-29-31-33-35-37-39-41-43-45-47-49-54(62)71-51-53(52-72-75(69,70)74-61-59(67)57(65)56(64)58(66)60(61)68)73-55(63)50-48-46-44-42-40-38-36-34-32-30-28-26-24-22-20-18-16-14-12-10-8-6-4-2/h6,8,12,14,18,20,24,26,53,56-61,64-68H,3-5,7,9-11,13,15-17,19,21-23,25,27-52H2,1-2H3,(H,69,70)/b8-6-,14-12-,20-18-,26-24-. The molecule has 1 rings (SSSR count). The van der Waals surface area contributed by atoms with Crippen LogP contribution in [0.15, 0.2) is 48.6 Å². The number of aliphatic hydroxyl groups is 5. The fourth-order valence-electron chi connectivity index (χ4n) is 9.40. The van der Waals surface area contributed by atoms with Crippen LogP contribution in [0.25, 0.3) is 0 Å². The molecule has 6 N–H and O–H groups in total. The molecule has 1 saturated carbocycles. The maximum absolute atomic E-state index is 12.9. The van der Waals surface area contributed by atoms with E-state index in [9.17, 15) is 44.6 Å². The number of rotatable bonds is 52. The molecule has 438 valence electrons. The quantitative estimate of drug-likeness (QED) is 0.0145. The van der Waals surface area contributed by atoms with Gasteiger partial charge in [-0.25, -0.2) is 4.57 Å². The molecule has 0 spiro atoms. The van der Waals surface area contributed by atoms with Gasteiger partial charge >= 0.3 is 19.8 Å². The Labute approximate surface area is 456 Å². The molecule has 0 amide bonds. The Morgan fingerprint density at radius 2 is 0.760 bits per heavy atom. The van der Waals surface area contributed by atoms with Crippen molar-refractivity contribution in [2.45, 2.75) is 313 Å². The van der Waals surface area contributed by atoms with Crippen LogP contribution >= 0.6 is 7.82 Å². The summed E-state index contributed by atoms with van der Waals surface area (Å²) in [6.45, 7) is 3.25. The van der Waals surface area contributed by atoms with Gasteiger partial charge in [0.2, 0.25) is 0 Å². The number of allylic oxidation sites excluding steroid dienone is 8. The summed E-state index contributed by atoms with van der Waals surface area (Å²) < 4.78 is 33.8. The molecule has 0 aromatic heterocycles. The molecule has 13 nitrogen and oxygen atoms in total. The first-order valence-corrected chi connectivity index (χ1v) is 31.9. The highest BCUT2D eigenvalue weighted by Gasteiger charge is 2.51. The number of hydrogen-bond donors (Lipinski definition) is 6. The van der Waals surface area contributed by atoms with Gasteiger partial charge < -0.3 is 39.9 Å². The van der Waals surface area contributed by atoms with Crippen LogP contribution in [-0.4, -0.2) is 98.3 Å². The fraction of sp³-hybridized carbons (Fsp3) is 0.836. The van der Waals surface area contributed by atoms with Gasteiger partial charge in [0.1, 0.15) is 43.2 Å². The minimum atomic E-state index is -5.13. The second-order valence-corrected chi connectivity index (χ2v) is 22.6. The van der Waals surface area contributed by atoms with E-state index in [0.717, 1.165) is 77.0 Å². The molecule has 1 aliphatic rings. The lowest BCUT2D eigenvalue weighted by molar-refractivity contribution is -0.220. The third kappa shape index (κ3) is 41.5. The Balaban J connectivity index is 2.30. The van der Waals surface area contributed by atoms with E-state index in [0.29, 0.717) is 12.8 Å². The van der Waals surface area contributed by atoms with E-state index >= 15 is 0 Å². The Hall–Kier alpha value is -2.19. The minimum Gasteiger partial charge on any atom is -0.462 e. The van der Waals surface area contributed by atoms with Crippen molar-refractivity contribution >= 4 is 19.8 Å². The highest BCUT2D eigenvalue weighted by atomic mass is 31.2. The molecule has 1 fully saturated rings. The van der Waals surface area contributed by atoms with Crippen LogP contribution in [0.5, 0.6) is 0 Å². The molecule has 1 aliphatic carbocycles. The molecule has 14 heteroatoms. The van der Waals surface area contributed by atoms with Crippen LogP contribution in [0.4, 0.5) is 0 Å². The summed E-state index contributed by atoms with van der Waals surface area (Å²) in [7, 11) is -5.13. The predicted molar refractivity (Wildman–Crippen MR) is 304 cm³/mol. The monoisotopic (exact) mass is 1080 g/mol. The van der Waals surface area contributed by atoms with E-state index in [-0.39, 0.29) is 12.8 Å². The van der Waals surface area contributed by atoms with Crippen LogP contribution in [0.2, 0.25) is 0 Å². The Bertz CT molecular complexity index is 1490. The van der Waals surface area contributed by atoms with Crippen LogP contribution in [0, 0.1) is 0 Å². The van der Waals surface area contributed by atoms with E-state index in [2.05, 4.69) is 62.5 Å². The maximum atomic E-state index is 12.9. The fourth-order valence-corrected chi connectivity index (χ4v) is 10.4. The van der Waals surface area contributed by atoms with Crippen molar-refractivity contribution in [3.05, 3.63) is 48.6 Å². The van der Waals surface area contributed by atoms with Crippen molar-refractivity contribution in [3.63, 3.8) is 0 Å². The first-order valence-electron chi connectivity index (χ1n) is 30.4. The third-order valence-electron chi connectivity index (χ3n) is 14.2. The molecule has 75 heavy (non-hydrogen) atoms. The molecule has 0 bridgehead atoms. The number of hydrogen-bond acceptors (Lipinski definition) is 12. The van der Waals surface area contributed by atoms with Crippen molar-refractivity contribution < 1.29 is 63.1 Å². The number of phosphoric acid groups is 1. The minimum absolute atomic E-state index is 0.0923. The molecule has 0 saturated heterocycles. The zero-order valence-electron chi connectivity index (χ0n) is 47.3. The summed E-state index contributed by atoms with van der Waals surface area (Å²) >= 11 is 0. The normalized spacial score (nSPS) is 20.5. The maximum Gasteiger partial charge on any atom is 0.472 e. The van der Waals surface area contributed by atoms with Crippen LogP contribution in [-0.2, 0) is 32.7 Å². The lowest BCUT2D eigenvalue weighted by atomic mass is 9.85. The summed E-state index contributed by atoms with van der Waals surface area (Å²) in [5.74, 6) is -1.09. The number of aliphatic hydroxyl groups excluding tert-OH is 5. The highest BCUT2D eigenvalue weighted by Crippen LogP contribution is 2.47. The van der Waals surface area contributed by atoms with Crippen molar-refractivity contribution in [1.29, 1.82) is 0 Å². The van der Waals surface area contributed by atoms with Crippen LogP contribution in [0.3, 0.4) is 0 Å². The van der Waals surface area contributed by atoms with Gasteiger partial charge in [-0.2, -0.15) is 0 Å². The van der Waals surface area contributed by atoms with E-state index in [1.807, 2.05) is 0 Å². The van der Waals surface area contributed by atoms with Crippen molar-refractivity contribution in [3.8, 4) is 0 Å². The van der Waals surface area contributed by atoms with E-state index in [1.165, 1.54) is 154 Å². The molecule has 0 heterocycles. The number of esters is 2. The molecule has 6 unspecified atom stereocenters. The lowest BCUT2D eigenvalue weighted by Crippen LogP contribution is -2.64. The van der Waals surface area contributed by atoms with E-state index in [4.69, 9.17) is 18.5 Å². The average Bonchev–Trinajstić information content (AvgIpc) is 3.39.